The summed E-state index contributed by atoms with van der Waals surface area (Å²) in [4.78, 5) is 17.3. The summed E-state index contributed by atoms with van der Waals surface area (Å²) in [6, 6.07) is 6.72. The minimum atomic E-state index is -0.271. The molecule has 0 radical (unpaired) electrons. The monoisotopic (exact) mass is 399 g/mol. The Morgan fingerprint density at radius 1 is 1.30 bits per heavy atom. The zero-order valence-corrected chi connectivity index (χ0v) is 15.7. The highest BCUT2D eigenvalue weighted by molar-refractivity contribution is 7.99. The molecular formula is C18H14FN5OS2. The molecule has 9 heteroatoms. The second kappa shape index (κ2) is 6.58. The van der Waals surface area contributed by atoms with Crippen molar-refractivity contribution < 1.29 is 9.18 Å². The molecule has 27 heavy (non-hydrogen) atoms. The van der Waals surface area contributed by atoms with Gasteiger partial charge < -0.3 is 5.32 Å². The predicted molar refractivity (Wildman–Crippen MR) is 103 cm³/mol. The molecule has 0 aliphatic heterocycles. The van der Waals surface area contributed by atoms with Gasteiger partial charge in [-0.15, -0.1) is 21.5 Å². The number of fused-ring (bicyclic) bond motifs is 3. The number of carbonyl (C=O) groups excluding carboxylic acids is 1. The van der Waals surface area contributed by atoms with E-state index < -0.39 is 0 Å². The molecular weight excluding hydrogens is 385 g/mol. The molecule has 1 saturated carbocycles. The van der Waals surface area contributed by atoms with E-state index in [9.17, 15) is 9.18 Å². The second-order valence-electron chi connectivity index (χ2n) is 6.39. The molecule has 6 nitrogen and oxygen atoms in total. The first-order valence-electron chi connectivity index (χ1n) is 8.48. The van der Waals surface area contributed by atoms with Crippen molar-refractivity contribution in [3.05, 3.63) is 41.8 Å². The Hall–Kier alpha value is -2.52. The molecule has 0 bridgehead atoms. The third kappa shape index (κ3) is 3.17. The lowest BCUT2D eigenvalue weighted by molar-refractivity contribution is -0.118. The van der Waals surface area contributed by atoms with Crippen LogP contribution in [0.2, 0.25) is 0 Å². The second-order valence-corrected chi connectivity index (χ2v) is 8.19. The van der Waals surface area contributed by atoms with Gasteiger partial charge in [0.25, 0.3) is 0 Å². The highest BCUT2D eigenvalue weighted by Crippen LogP contribution is 2.35. The molecule has 1 N–H and O–H groups in total. The maximum Gasteiger partial charge on any atom is 0.230 e. The molecule has 0 unspecified atom stereocenters. The van der Waals surface area contributed by atoms with Gasteiger partial charge in [-0.2, -0.15) is 0 Å². The van der Waals surface area contributed by atoms with Crippen molar-refractivity contribution in [3.8, 4) is 11.1 Å². The van der Waals surface area contributed by atoms with Gasteiger partial charge in [-0.25, -0.2) is 9.37 Å². The smallest absolute Gasteiger partial charge is 0.230 e. The SMILES string of the molecule is O=C(CSc1nnc2c3c(-c4ccc(F)cc4)csc3ncn12)NC1CC1. The van der Waals surface area contributed by atoms with Crippen LogP contribution in [0, 0.1) is 5.82 Å². The lowest BCUT2D eigenvalue weighted by Crippen LogP contribution is -2.27. The minimum Gasteiger partial charge on any atom is -0.353 e. The Morgan fingerprint density at radius 2 is 2.11 bits per heavy atom. The van der Waals surface area contributed by atoms with E-state index in [0.717, 1.165) is 34.2 Å². The summed E-state index contributed by atoms with van der Waals surface area (Å²) < 4.78 is 15.1. The van der Waals surface area contributed by atoms with Crippen molar-refractivity contribution in [1.82, 2.24) is 24.9 Å². The van der Waals surface area contributed by atoms with Crippen LogP contribution in [-0.2, 0) is 4.79 Å². The van der Waals surface area contributed by atoms with Crippen LogP contribution in [0.4, 0.5) is 4.39 Å². The molecule has 3 heterocycles. The Bertz CT molecular complexity index is 1150. The summed E-state index contributed by atoms with van der Waals surface area (Å²) in [5, 5.41) is 15.0. The Morgan fingerprint density at radius 3 is 2.89 bits per heavy atom. The number of thioether (sulfide) groups is 1. The molecule has 1 amide bonds. The fourth-order valence-electron chi connectivity index (χ4n) is 2.89. The van der Waals surface area contributed by atoms with Crippen LogP contribution in [0.15, 0.2) is 41.1 Å². The van der Waals surface area contributed by atoms with Crippen LogP contribution in [0.25, 0.3) is 27.0 Å². The molecule has 1 aliphatic rings. The summed E-state index contributed by atoms with van der Waals surface area (Å²) in [5.41, 5.74) is 2.53. The van der Waals surface area contributed by atoms with Gasteiger partial charge in [0.2, 0.25) is 5.91 Å². The van der Waals surface area contributed by atoms with Gasteiger partial charge in [0, 0.05) is 17.0 Å². The van der Waals surface area contributed by atoms with Gasteiger partial charge in [0.05, 0.1) is 11.1 Å². The van der Waals surface area contributed by atoms with E-state index in [1.165, 1.54) is 35.2 Å². The highest BCUT2D eigenvalue weighted by atomic mass is 32.2. The molecule has 136 valence electrons. The molecule has 0 saturated heterocycles. The fraction of sp³-hybridized carbons (Fsp3) is 0.222. The largest absolute Gasteiger partial charge is 0.353 e. The van der Waals surface area contributed by atoms with Crippen molar-refractivity contribution in [2.45, 2.75) is 24.0 Å². The Labute approximate surface area is 161 Å². The van der Waals surface area contributed by atoms with E-state index in [4.69, 9.17) is 0 Å². The lowest BCUT2D eigenvalue weighted by Gasteiger charge is -2.03. The number of halogens is 1. The molecule has 0 atom stereocenters. The number of benzene rings is 1. The third-order valence-corrected chi connectivity index (χ3v) is 6.21. The van der Waals surface area contributed by atoms with Crippen LogP contribution in [0.5, 0.6) is 0 Å². The predicted octanol–water partition coefficient (Wildman–Crippen LogP) is 3.52. The molecule has 1 aromatic carbocycles. The van der Waals surface area contributed by atoms with Crippen LogP contribution in [0.3, 0.4) is 0 Å². The zero-order valence-electron chi connectivity index (χ0n) is 14.1. The van der Waals surface area contributed by atoms with Crippen LogP contribution < -0.4 is 5.32 Å². The standard InChI is InChI=1S/C18H14FN5OS2/c19-11-3-1-10(2-4-11)13-7-26-17-15(13)16-22-23-18(24(16)9-20-17)27-8-14(25)21-12-5-6-12/h1-4,7,9,12H,5-6,8H2,(H,21,25). The number of carbonyl (C=O) groups is 1. The van der Waals surface area contributed by atoms with Crippen molar-refractivity contribution >= 4 is 44.9 Å². The third-order valence-electron chi connectivity index (χ3n) is 4.38. The first kappa shape index (κ1) is 16.6. The van der Waals surface area contributed by atoms with Crippen molar-refractivity contribution in [1.29, 1.82) is 0 Å². The molecule has 5 rings (SSSR count). The van der Waals surface area contributed by atoms with E-state index in [1.807, 2.05) is 5.38 Å². The van der Waals surface area contributed by atoms with E-state index >= 15 is 0 Å². The molecule has 1 fully saturated rings. The van der Waals surface area contributed by atoms with Crippen molar-refractivity contribution in [3.63, 3.8) is 0 Å². The van der Waals surface area contributed by atoms with Crippen LogP contribution >= 0.6 is 23.1 Å². The van der Waals surface area contributed by atoms with Crippen molar-refractivity contribution in [2.24, 2.45) is 0 Å². The summed E-state index contributed by atoms with van der Waals surface area (Å²) >= 11 is 2.85. The van der Waals surface area contributed by atoms with E-state index in [2.05, 4.69) is 20.5 Å². The van der Waals surface area contributed by atoms with Crippen LogP contribution in [-0.4, -0.2) is 37.3 Å². The molecule has 0 spiro atoms. The van der Waals surface area contributed by atoms with E-state index in [-0.39, 0.29) is 11.7 Å². The number of rotatable bonds is 5. The number of nitrogens with zero attached hydrogens (tertiary/aromatic N) is 4. The van der Waals surface area contributed by atoms with Gasteiger partial charge in [-0.1, -0.05) is 23.9 Å². The number of aromatic nitrogens is 4. The topological polar surface area (TPSA) is 72.2 Å². The summed E-state index contributed by atoms with van der Waals surface area (Å²) in [7, 11) is 0. The molecule has 4 aromatic rings. The number of hydrogen-bond acceptors (Lipinski definition) is 6. The number of hydrogen-bond donors (Lipinski definition) is 1. The minimum absolute atomic E-state index is 0.0100. The van der Waals surface area contributed by atoms with Crippen LogP contribution in [0.1, 0.15) is 12.8 Å². The number of amides is 1. The normalized spacial score (nSPS) is 14.1. The lowest BCUT2D eigenvalue weighted by atomic mass is 10.1. The fourth-order valence-corrected chi connectivity index (χ4v) is 4.51. The number of thiophene rings is 1. The summed E-state index contributed by atoms with van der Waals surface area (Å²) in [6.07, 6.45) is 3.82. The molecule has 3 aromatic heterocycles. The Balaban J connectivity index is 1.51. The average molecular weight is 399 g/mol. The first-order chi connectivity index (χ1) is 13.2. The highest BCUT2D eigenvalue weighted by Gasteiger charge is 2.23. The maximum atomic E-state index is 13.3. The van der Waals surface area contributed by atoms with E-state index in [1.54, 1.807) is 22.9 Å². The summed E-state index contributed by atoms with van der Waals surface area (Å²) in [6.45, 7) is 0. The maximum absolute atomic E-state index is 13.3. The number of nitrogens with one attached hydrogen (secondary N) is 1. The van der Waals surface area contributed by atoms with Gasteiger partial charge in [0.1, 0.15) is 17.0 Å². The Kier molecular flexibility index (Phi) is 4.05. The van der Waals surface area contributed by atoms with Gasteiger partial charge in [-0.3, -0.25) is 9.20 Å². The van der Waals surface area contributed by atoms with Crippen molar-refractivity contribution in [2.75, 3.05) is 5.75 Å². The molecule has 1 aliphatic carbocycles. The summed E-state index contributed by atoms with van der Waals surface area (Å²) in [5.74, 6) is 0.0343. The zero-order chi connectivity index (χ0) is 18.4. The first-order valence-corrected chi connectivity index (χ1v) is 10.3. The quantitative estimate of drug-likeness (QED) is 0.520. The average Bonchev–Trinajstić information content (AvgIpc) is 3.22. The van der Waals surface area contributed by atoms with Gasteiger partial charge in [0.15, 0.2) is 10.8 Å². The van der Waals surface area contributed by atoms with Gasteiger partial charge >= 0.3 is 0 Å². The van der Waals surface area contributed by atoms with Gasteiger partial charge in [-0.05, 0) is 30.5 Å². The van der Waals surface area contributed by atoms with E-state index in [0.29, 0.717) is 22.6 Å².